The van der Waals surface area contributed by atoms with E-state index in [-0.39, 0.29) is 0 Å². The number of hydrogen-bond acceptors (Lipinski definition) is 4. The van der Waals surface area contributed by atoms with E-state index >= 15 is 0 Å². The molecule has 28 heavy (non-hydrogen) atoms. The van der Waals surface area contributed by atoms with Crippen LogP contribution in [0.15, 0.2) is 39.9 Å². The molecule has 6 heteroatoms. The third-order valence-corrected chi connectivity index (χ3v) is 4.04. The summed E-state index contributed by atoms with van der Waals surface area (Å²) in [4.78, 5) is 9.17. The largest absolute Gasteiger partial charge is 0.444 e. The zero-order chi connectivity index (χ0) is 20.2. The Hall–Kier alpha value is -2.34. The zero-order valence-electron chi connectivity index (χ0n) is 17.6. The molecule has 0 spiro atoms. The quantitative estimate of drug-likeness (QED) is 0.349. The van der Waals surface area contributed by atoms with Crippen LogP contribution in [-0.2, 0) is 11.2 Å². The van der Waals surface area contributed by atoms with E-state index in [0.717, 1.165) is 62.9 Å². The van der Waals surface area contributed by atoms with Gasteiger partial charge < -0.3 is 19.8 Å². The molecule has 2 aromatic rings. The van der Waals surface area contributed by atoms with Crippen molar-refractivity contribution in [2.45, 2.75) is 40.5 Å². The van der Waals surface area contributed by atoms with Gasteiger partial charge in [-0.25, -0.2) is 4.98 Å². The monoisotopic (exact) mass is 386 g/mol. The fourth-order valence-corrected chi connectivity index (χ4v) is 2.58. The fourth-order valence-electron chi connectivity index (χ4n) is 2.58. The van der Waals surface area contributed by atoms with Crippen molar-refractivity contribution < 1.29 is 9.15 Å². The Kier molecular flexibility index (Phi) is 9.55. The van der Waals surface area contributed by atoms with E-state index in [1.54, 1.807) is 6.26 Å². The van der Waals surface area contributed by atoms with Crippen LogP contribution in [0.25, 0.3) is 11.5 Å². The van der Waals surface area contributed by atoms with Gasteiger partial charge in [-0.15, -0.1) is 0 Å². The van der Waals surface area contributed by atoms with Crippen molar-refractivity contribution in [3.05, 3.63) is 41.8 Å². The Morgan fingerprint density at radius 2 is 2.00 bits per heavy atom. The fraction of sp³-hybridized carbons (Fsp3) is 0.545. The average Bonchev–Trinajstić information content (AvgIpc) is 3.13. The average molecular weight is 387 g/mol. The molecular formula is C22H34N4O2. The highest BCUT2D eigenvalue weighted by Crippen LogP contribution is 2.19. The number of nitrogens with one attached hydrogen (secondary N) is 2. The molecule has 1 aromatic carbocycles. The summed E-state index contributed by atoms with van der Waals surface area (Å²) in [7, 11) is 0. The van der Waals surface area contributed by atoms with Gasteiger partial charge in [0, 0.05) is 44.8 Å². The van der Waals surface area contributed by atoms with Crippen LogP contribution in [0.4, 0.5) is 0 Å². The number of guanidine groups is 1. The molecule has 0 saturated heterocycles. The molecule has 0 radical (unpaired) electrons. The van der Waals surface area contributed by atoms with Gasteiger partial charge in [0.15, 0.2) is 5.96 Å². The summed E-state index contributed by atoms with van der Waals surface area (Å²) in [6, 6.07) is 8.19. The first-order chi connectivity index (χ1) is 13.6. The predicted octanol–water partition coefficient (Wildman–Crippen LogP) is 3.81. The van der Waals surface area contributed by atoms with Gasteiger partial charge in [-0.2, -0.15) is 0 Å². The van der Waals surface area contributed by atoms with Gasteiger partial charge in [0.1, 0.15) is 6.26 Å². The second-order valence-electron chi connectivity index (χ2n) is 7.27. The maximum Gasteiger partial charge on any atom is 0.226 e. The molecule has 0 unspecified atom stereocenters. The lowest BCUT2D eigenvalue weighted by Gasteiger charge is -2.11. The van der Waals surface area contributed by atoms with Crippen LogP contribution in [0.1, 0.15) is 38.4 Å². The van der Waals surface area contributed by atoms with Gasteiger partial charge in [-0.1, -0.05) is 31.5 Å². The lowest BCUT2D eigenvalue weighted by Crippen LogP contribution is -2.38. The van der Waals surface area contributed by atoms with E-state index in [4.69, 9.17) is 9.15 Å². The Morgan fingerprint density at radius 1 is 1.21 bits per heavy atom. The van der Waals surface area contributed by atoms with Crippen LogP contribution in [0, 0.1) is 12.8 Å². The smallest absolute Gasteiger partial charge is 0.226 e. The molecule has 0 aliphatic heterocycles. The number of aliphatic imine (C=N–C) groups is 1. The molecule has 1 heterocycles. The molecule has 154 valence electrons. The van der Waals surface area contributed by atoms with Gasteiger partial charge in [0.2, 0.25) is 5.89 Å². The number of ether oxygens (including phenoxy) is 1. The predicted molar refractivity (Wildman–Crippen MR) is 115 cm³/mol. The number of oxazole rings is 1. The molecule has 2 N–H and O–H groups in total. The molecule has 0 amide bonds. The molecule has 0 saturated carbocycles. The minimum absolute atomic E-state index is 0.575. The molecule has 0 aliphatic rings. The van der Waals surface area contributed by atoms with E-state index in [9.17, 15) is 0 Å². The second kappa shape index (κ2) is 12.2. The summed E-state index contributed by atoms with van der Waals surface area (Å²) >= 11 is 0. The third kappa shape index (κ3) is 8.13. The summed E-state index contributed by atoms with van der Waals surface area (Å²) in [5.74, 6) is 2.07. The normalized spacial score (nSPS) is 11.8. The van der Waals surface area contributed by atoms with Gasteiger partial charge >= 0.3 is 0 Å². The topological polar surface area (TPSA) is 71.7 Å². The minimum atomic E-state index is 0.575. The first-order valence-corrected chi connectivity index (χ1v) is 10.2. The number of aromatic nitrogens is 1. The van der Waals surface area contributed by atoms with Gasteiger partial charge in [0.25, 0.3) is 0 Å². The first-order valence-electron chi connectivity index (χ1n) is 10.2. The Bertz CT molecular complexity index is 708. The van der Waals surface area contributed by atoms with E-state index in [1.165, 1.54) is 5.56 Å². The molecule has 0 fully saturated rings. The van der Waals surface area contributed by atoms with E-state index in [2.05, 4.69) is 60.4 Å². The molecule has 0 atom stereocenters. The van der Waals surface area contributed by atoms with Crippen LogP contribution >= 0.6 is 0 Å². The first kappa shape index (κ1) is 22.0. The van der Waals surface area contributed by atoms with E-state index in [1.807, 2.05) is 12.1 Å². The van der Waals surface area contributed by atoms with Crippen LogP contribution in [0.3, 0.4) is 0 Å². The zero-order valence-corrected chi connectivity index (χ0v) is 17.6. The van der Waals surface area contributed by atoms with E-state index < -0.39 is 0 Å². The van der Waals surface area contributed by atoms with Gasteiger partial charge in [0.05, 0.1) is 5.69 Å². The minimum Gasteiger partial charge on any atom is -0.444 e. The van der Waals surface area contributed by atoms with Crippen molar-refractivity contribution in [3.63, 3.8) is 0 Å². The van der Waals surface area contributed by atoms with Crippen molar-refractivity contribution in [2.75, 3.05) is 32.8 Å². The molecule has 1 aromatic heterocycles. The molecule has 2 rings (SSSR count). The maximum atomic E-state index is 5.62. The number of benzene rings is 1. The number of nitrogens with zero attached hydrogens (tertiary/aromatic N) is 2. The van der Waals surface area contributed by atoms with Crippen molar-refractivity contribution in [2.24, 2.45) is 10.9 Å². The third-order valence-electron chi connectivity index (χ3n) is 4.04. The van der Waals surface area contributed by atoms with Crippen molar-refractivity contribution in [3.8, 4) is 11.5 Å². The van der Waals surface area contributed by atoms with Gasteiger partial charge in [-0.05, 0) is 38.3 Å². The number of aryl methyl sites for hydroxylation is 1. The Labute approximate surface area is 168 Å². The number of hydrogen-bond donors (Lipinski definition) is 2. The summed E-state index contributed by atoms with van der Waals surface area (Å²) in [5.41, 5.74) is 3.15. The van der Waals surface area contributed by atoms with Gasteiger partial charge in [-0.3, -0.25) is 4.99 Å². The van der Waals surface area contributed by atoms with Crippen LogP contribution in [-0.4, -0.2) is 43.8 Å². The Morgan fingerprint density at radius 3 is 2.71 bits per heavy atom. The molecule has 0 bridgehead atoms. The number of rotatable bonds is 11. The second-order valence-corrected chi connectivity index (χ2v) is 7.27. The summed E-state index contributed by atoms with van der Waals surface area (Å²) in [6.07, 6.45) is 3.43. The lowest BCUT2D eigenvalue weighted by atomic mass is 10.1. The molecule has 0 aliphatic carbocycles. The van der Waals surface area contributed by atoms with Crippen LogP contribution < -0.4 is 10.6 Å². The summed E-state index contributed by atoms with van der Waals surface area (Å²) in [6.45, 7) is 12.3. The highest BCUT2D eigenvalue weighted by molar-refractivity contribution is 5.79. The summed E-state index contributed by atoms with van der Waals surface area (Å²) in [5, 5.41) is 6.62. The highest BCUT2D eigenvalue weighted by atomic mass is 16.5. The highest BCUT2D eigenvalue weighted by Gasteiger charge is 2.07. The molecular weight excluding hydrogens is 352 g/mol. The van der Waals surface area contributed by atoms with Crippen molar-refractivity contribution in [1.29, 1.82) is 0 Å². The van der Waals surface area contributed by atoms with Crippen LogP contribution in [0.5, 0.6) is 0 Å². The Balaban J connectivity index is 1.74. The SMILES string of the molecule is CCNC(=NCCCOCC(C)C)NCCc1coc(-c2ccc(C)cc2)n1. The van der Waals surface area contributed by atoms with Crippen molar-refractivity contribution >= 4 is 5.96 Å². The van der Waals surface area contributed by atoms with E-state index in [0.29, 0.717) is 11.8 Å². The maximum absolute atomic E-state index is 5.62. The standard InChI is InChI=1S/C22H34N4O2/c1-5-23-22(24-12-6-14-27-15-17(2)3)25-13-11-20-16-28-21(26-20)19-9-7-18(4)8-10-19/h7-10,16-17H,5-6,11-15H2,1-4H3,(H2,23,24,25). The van der Waals surface area contributed by atoms with Crippen molar-refractivity contribution in [1.82, 2.24) is 15.6 Å². The lowest BCUT2D eigenvalue weighted by molar-refractivity contribution is 0.109. The summed E-state index contributed by atoms with van der Waals surface area (Å²) < 4.78 is 11.2. The molecule has 6 nitrogen and oxygen atoms in total. The van der Waals surface area contributed by atoms with Crippen LogP contribution in [0.2, 0.25) is 0 Å².